The van der Waals surface area contributed by atoms with Crippen molar-refractivity contribution in [3.63, 3.8) is 0 Å². The minimum atomic E-state index is 0.625. The summed E-state index contributed by atoms with van der Waals surface area (Å²) in [6.45, 7) is 9.24. The average Bonchev–Trinajstić information content (AvgIpc) is 2.27. The highest BCUT2D eigenvalue weighted by molar-refractivity contribution is 5.61. The monoisotopic (exact) mass is 231 g/mol. The predicted octanol–water partition coefficient (Wildman–Crippen LogP) is 3.05. The van der Waals surface area contributed by atoms with Gasteiger partial charge in [-0.1, -0.05) is 20.3 Å². The minimum Gasteiger partial charge on any atom is -0.373 e. The molecular formula is C14H21N3. The molecule has 1 atom stereocenters. The summed E-state index contributed by atoms with van der Waals surface area (Å²) < 4.78 is 0. The third-order valence-corrected chi connectivity index (χ3v) is 3.11. The van der Waals surface area contributed by atoms with Crippen LogP contribution in [-0.4, -0.2) is 18.6 Å². The molecule has 17 heavy (non-hydrogen) atoms. The molecule has 0 saturated heterocycles. The van der Waals surface area contributed by atoms with E-state index >= 15 is 0 Å². The molecule has 0 aliphatic rings. The Hall–Kier alpha value is -1.56. The van der Waals surface area contributed by atoms with Crippen molar-refractivity contribution in [2.75, 3.05) is 18.5 Å². The van der Waals surface area contributed by atoms with Crippen molar-refractivity contribution in [3.05, 3.63) is 23.0 Å². The van der Waals surface area contributed by atoms with Crippen LogP contribution in [0.2, 0.25) is 0 Å². The smallest absolute Gasteiger partial charge is 0.103 e. The lowest BCUT2D eigenvalue weighted by Crippen LogP contribution is -2.25. The molecule has 0 saturated carbocycles. The first kappa shape index (κ1) is 13.5. The maximum Gasteiger partial charge on any atom is 0.103 e. The molecule has 3 nitrogen and oxygen atoms in total. The summed E-state index contributed by atoms with van der Waals surface area (Å²) in [6, 6.07) is 4.25. The third kappa shape index (κ3) is 3.20. The number of anilines is 1. The molecule has 1 heterocycles. The summed E-state index contributed by atoms with van der Waals surface area (Å²) in [4.78, 5) is 6.50. The highest BCUT2D eigenvalue weighted by atomic mass is 15.1. The Morgan fingerprint density at radius 2 is 2.12 bits per heavy atom. The van der Waals surface area contributed by atoms with Crippen molar-refractivity contribution >= 4 is 5.69 Å². The van der Waals surface area contributed by atoms with Crippen LogP contribution in [0.1, 0.15) is 37.2 Å². The second kappa shape index (κ2) is 5.67. The molecule has 0 spiro atoms. The molecule has 0 fully saturated rings. The summed E-state index contributed by atoms with van der Waals surface area (Å²) in [5.41, 5.74) is 3.48. The molecule has 0 aromatic carbocycles. The van der Waals surface area contributed by atoms with Crippen molar-refractivity contribution < 1.29 is 0 Å². The largest absolute Gasteiger partial charge is 0.373 e. The van der Waals surface area contributed by atoms with E-state index in [0.29, 0.717) is 11.5 Å². The third-order valence-electron chi connectivity index (χ3n) is 3.11. The lowest BCUT2D eigenvalue weighted by atomic mass is 10.1. The maximum atomic E-state index is 9.21. The molecular weight excluding hydrogens is 210 g/mol. The van der Waals surface area contributed by atoms with Crippen molar-refractivity contribution in [3.8, 4) is 6.07 Å². The maximum absolute atomic E-state index is 9.21. The van der Waals surface area contributed by atoms with Crippen molar-refractivity contribution in [1.29, 1.82) is 5.26 Å². The molecule has 0 amide bonds. The Labute approximate surface area is 104 Å². The fraction of sp³-hybridized carbons (Fsp3) is 0.571. The molecule has 1 rings (SSSR count). The molecule has 0 bridgehead atoms. The molecule has 0 aliphatic heterocycles. The van der Waals surface area contributed by atoms with E-state index in [1.54, 1.807) is 0 Å². The minimum absolute atomic E-state index is 0.625. The van der Waals surface area contributed by atoms with Gasteiger partial charge < -0.3 is 4.90 Å². The first-order valence-electron chi connectivity index (χ1n) is 6.09. The summed E-state index contributed by atoms with van der Waals surface area (Å²) in [6.07, 6.45) is 1.15. The SMILES string of the molecule is CCC(C)CN(C)c1cc(C)nc(C)c1C#N. The second-order valence-electron chi connectivity index (χ2n) is 4.75. The quantitative estimate of drug-likeness (QED) is 0.799. The lowest BCUT2D eigenvalue weighted by molar-refractivity contribution is 0.559. The number of nitrogens with zero attached hydrogens (tertiary/aromatic N) is 3. The summed E-state index contributed by atoms with van der Waals surface area (Å²) in [7, 11) is 2.04. The van der Waals surface area contributed by atoms with Gasteiger partial charge in [-0.2, -0.15) is 5.26 Å². The van der Waals surface area contributed by atoms with Gasteiger partial charge in [0.05, 0.1) is 16.9 Å². The molecule has 3 heteroatoms. The van der Waals surface area contributed by atoms with E-state index in [1.165, 1.54) is 0 Å². The Bertz CT molecular complexity index is 432. The first-order chi connectivity index (χ1) is 7.99. The average molecular weight is 231 g/mol. The van der Waals surface area contributed by atoms with E-state index < -0.39 is 0 Å². The Balaban J connectivity index is 3.08. The van der Waals surface area contributed by atoms with Gasteiger partial charge in [0.2, 0.25) is 0 Å². The van der Waals surface area contributed by atoms with Gasteiger partial charge in [-0.25, -0.2) is 0 Å². The molecule has 0 N–H and O–H groups in total. The zero-order valence-electron chi connectivity index (χ0n) is 11.4. The van der Waals surface area contributed by atoms with Crippen molar-refractivity contribution in [2.45, 2.75) is 34.1 Å². The first-order valence-corrected chi connectivity index (χ1v) is 6.09. The van der Waals surface area contributed by atoms with Crippen molar-refractivity contribution in [1.82, 2.24) is 4.98 Å². The van der Waals surface area contributed by atoms with Gasteiger partial charge in [0, 0.05) is 19.3 Å². The second-order valence-corrected chi connectivity index (χ2v) is 4.75. The van der Waals surface area contributed by atoms with Crippen LogP contribution in [0.5, 0.6) is 0 Å². The van der Waals surface area contributed by atoms with Gasteiger partial charge in [-0.15, -0.1) is 0 Å². The number of aromatic nitrogens is 1. The van der Waals surface area contributed by atoms with E-state index in [4.69, 9.17) is 0 Å². The highest BCUT2D eigenvalue weighted by Gasteiger charge is 2.13. The number of hydrogen-bond acceptors (Lipinski definition) is 3. The molecule has 1 aromatic heterocycles. The number of nitriles is 1. The standard InChI is InChI=1S/C14H21N3/c1-6-10(2)9-17(5)14-7-11(3)16-12(4)13(14)8-15/h7,10H,6,9H2,1-5H3. The fourth-order valence-electron chi connectivity index (χ4n) is 1.94. The van der Waals surface area contributed by atoms with E-state index in [2.05, 4.69) is 29.8 Å². The molecule has 0 aliphatic carbocycles. The van der Waals surface area contributed by atoms with E-state index in [9.17, 15) is 5.26 Å². The molecule has 1 unspecified atom stereocenters. The molecule has 1 aromatic rings. The van der Waals surface area contributed by atoms with Gasteiger partial charge in [0.1, 0.15) is 6.07 Å². The molecule has 0 radical (unpaired) electrons. The van der Waals surface area contributed by atoms with Crippen LogP contribution in [0, 0.1) is 31.1 Å². The van der Waals surface area contributed by atoms with Gasteiger partial charge in [-0.05, 0) is 25.8 Å². The summed E-state index contributed by atoms with van der Waals surface area (Å²) in [5.74, 6) is 0.625. The van der Waals surface area contributed by atoms with E-state index in [0.717, 1.165) is 30.0 Å². The Kier molecular flexibility index (Phi) is 4.51. The van der Waals surface area contributed by atoms with Crippen LogP contribution in [0.25, 0.3) is 0 Å². The Morgan fingerprint density at radius 1 is 1.47 bits per heavy atom. The van der Waals surface area contributed by atoms with E-state index in [1.807, 2.05) is 27.0 Å². The number of pyridine rings is 1. The zero-order valence-corrected chi connectivity index (χ0v) is 11.4. The fourth-order valence-corrected chi connectivity index (χ4v) is 1.94. The van der Waals surface area contributed by atoms with Crippen LogP contribution < -0.4 is 4.90 Å². The topological polar surface area (TPSA) is 39.9 Å². The number of rotatable bonds is 4. The number of aryl methyl sites for hydroxylation is 2. The van der Waals surface area contributed by atoms with Gasteiger partial charge >= 0.3 is 0 Å². The van der Waals surface area contributed by atoms with Crippen molar-refractivity contribution in [2.24, 2.45) is 5.92 Å². The normalized spacial score (nSPS) is 12.0. The van der Waals surface area contributed by atoms with Crippen LogP contribution in [-0.2, 0) is 0 Å². The van der Waals surface area contributed by atoms with Crippen LogP contribution in [0.4, 0.5) is 5.69 Å². The number of hydrogen-bond donors (Lipinski definition) is 0. The van der Waals surface area contributed by atoms with E-state index in [-0.39, 0.29) is 0 Å². The van der Waals surface area contributed by atoms with Crippen LogP contribution in [0.3, 0.4) is 0 Å². The molecule has 92 valence electrons. The van der Waals surface area contributed by atoms with Gasteiger partial charge in [-0.3, -0.25) is 4.98 Å². The summed E-state index contributed by atoms with van der Waals surface area (Å²) in [5, 5.41) is 9.21. The zero-order chi connectivity index (χ0) is 13.0. The Morgan fingerprint density at radius 3 is 2.65 bits per heavy atom. The predicted molar refractivity (Wildman–Crippen MR) is 71.2 cm³/mol. The summed E-state index contributed by atoms with van der Waals surface area (Å²) >= 11 is 0. The highest BCUT2D eigenvalue weighted by Crippen LogP contribution is 2.23. The lowest BCUT2D eigenvalue weighted by Gasteiger charge is -2.24. The van der Waals surface area contributed by atoms with Gasteiger partial charge in [0.15, 0.2) is 0 Å². The van der Waals surface area contributed by atoms with Gasteiger partial charge in [0.25, 0.3) is 0 Å². The van der Waals surface area contributed by atoms with Crippen LogP contribution in [0.15, 0.2) is 6.07 Å². The van der Waals surface area contributed by atoms with Crippen LogP contribution >= 0.6 is 0 Å².